The first-order chi connectivity index (χ1) is 10.2. The summed E-state index contributed by atoms with van der Waals surface area (Å²) in [5.41, 5.74) is 1.07. The van der Waals surface area contributed by atoms with Crippen LogP contribution in [0.4, 0.5) is 4.39 Å². The third-order valence-electron chi connectivity index (χ3n) is 3.12. The van der Waals surface area contributed by atoms with Crippen molar-refractivity contribution in [2.45, 2.75) is 20.4 Å². The van der Waals surface area contributed by atoms with Gasteiger partial charge in [-0.25, -0.2) is 4.39 Å². The third-order valence-corrected chi connectivity index (χ3v) is 3.45. The quantitative estimate of drug-likeness (QED) is 0.733. The first-order valence-electron chi connectivity index (χ1n) is 6.66. The molecule has 7 heteroatoms. The van der Waals surface area contributed by atoms with Gasteiger partial charge in [0.05, 0.1) is 41.5 Å². The Labute approximate surface area is 131 Å². The summed E-state index contributed by atoms with van der Waals surface area (Å²) in [6.45, 7) is 4.89. The maximum atomic E-state index is 14.8. The van der Waals surface area contributed by atoms with Gasteiger partial charge < -0.3 is 19.2 Å². The largest absolute Gasteiger partial charge is 0.490 e. The predicted molar refractivity (Wildman–Crippen MR) is 80.7 cm³/mol. The van der Waals surface area contributed by atoms with Crippen molar-refractivity contribution in [1.29, 1.82) is 0 Å². The van der Waals surface area contributed by atoms with E-state index in [0.29, 0.717) is 36.9 Å². The first-order valence-corrected chi connectivity index (χ1v) is 7.37. The van der Waals surface area contributed by atoms with E-state index in [2.05, 4.69) is 20.2 Å². The summed E-state index contributed by atoms with van der Waals surface area (Å²) in [4.78, 5) is 12.4. The minimum atomic E-state index is -0.510. The van der Waals surface area contributed by atoms with Gasteiger partial charge in [0.25, 0.3) is 0 Å². The lowest BCUT2D eigenvalue weighted by Crippen LogP contribution is -2.26. The molecule has 0 unspecified atom stereocenters. The summed E-state index contributed by atoms with van der Waals surface area (Å²) < 4.78 is 29.5. The van der Waals surface area contributed by atoms with Gasteiger partial charge in [0, 0.05) is 6.54 Å². The van der Waals surface area contributed by atoms with E-state index in [9.17, 15) is 9.18 Å². The normalized spacial score (nSPS) is 15.2. The van der Waals surface area contributed by atoms with Crippen LogP contribution < -0.4 is 9.47 Å². The molecule has 0 spiro atoms. The fourth-order valence-corrected chi connectivity index (χ4v) is 2.74. The Balaban J connectivity index is 2.55. The van der Waals surface area contributed by atoms with Gasteiger partial charge in [-0.2, -0.15) is 4.02 Å². The molecular weight excluding hydrogens is 343 g/mol. The number of amidine groups is 1. The molecule has 5 nitrogen and oxygen atoms in total. The molecule has 1 aliphatic rings. The number of aldehydes is 1. The number of hydrogen-bond acceptors (Lipinski definition) is 4. The molecule has 2 rings (SSSR count). The van der Waals surface area contributed by atoms with Gasteiger partial charge >= 0.3 is 0 Å². The Morgan fingerprint density at radius 1 is 1.43 bits per heavy atom. The molecule has 0 amide bonds. The summed E-state index contributed by atoms with van der Waals surface area (Å²) in [6, 6.07) is 1.75. The van der Waals surface area contributed by atoms with Crippen LogP contribution in [0.2, 0.25) is 0 Å². The number of ether oxygens (including phenoxy) is 2. The van der Waals surface area contributed by atoms with Crippen LogP contribution in [0.5, 0.6) is 11.5 Å². The van der Waals surface area contributed by atoms with Gasteiger partial charge in [0.15, 0.2) is 17.3 Å². The molecule has 0 atom stereocenters. The lowest BCUT2D eigenvalue weighted by molar-refractivity contribution is -0.108. The third kappa shape index (κ3) is 2.88. The van der Waals surface area contributed by atoms with Crippen LogP contribution in [0.3, 0.4) is 0 Å². The molecule has 0 radical (unpaired) electrons. The van der Waals surface area contributed by atoms with Crippen LogP contribution in [0.1, 0.15) is 25.0 Å². The van der Waals surface area contributed by atoms with Gasteiger partial charge in [0.1, 0.15) is 12.1 Å². The smallest absolute Gasteiger partial charge is 0.197 e. The number of fused-ring (bicyclic) bond motifs is 1. The van der Waals surface area contributed by atoms with Crippen molar-refractivity contribution in [3.05, 3.63) is 23.0 Å². The summed E-state index contributed by atoms with van der Waals surface area (Å²) >= 11 is 3.00. The average Bonchev–Trinajstić information content (AvgIpc) is 2.81. The number of hydrogen-bond donors (Lipinski definition) is 0. The summed E-state index contributed by atoms with van der Waals surface area (Å²) in [7, 11) is 0. The lowest BCUT2D eigenvalue weighted by atomic mass is 10.1. The Morgan fingerprint density at radius 2 is 2.14 bits per heavy atom. The maximum absolute atomic E-state index is 14.8. The number of rotatable bonds is 6. The second-order valence-electron chi connectivity index (χ2n) is 4.37. The van der Waals surface area contributed by atoms with E-state index >= 15 is 0 Å². The highest BCUT2D eigenvalue weighted by molar-refractivity contribution is 9.08. The Kier molecular flexibility index (Phi) is 5.17. The molecular formula is C14H16BrFN2O3. The summed E-state index contributed by atoms with van der Waals surface area (Å²) in [6.07, 6.45) is 0.759. The zero-order valence-electron chi connectivity index (χ0n) is 11.9. The van der Waals surface area contributed by atoms with Crippen LogP contribution in [0.25, 0.3) is 0 Å². The highest BCUT2D eigenvalue weighted by Crippen LogP contribution is 2.39. The van der Waals surface area contributed by atoms with E-state index in [1.807, 2.05) is 6.92 Å². The zero-order valence-corrected chi connectivity index (χ0v) is 13.4. The monoisotopic (exact) mass is 358 g/mol. The second-order valence-corrected chi connectivity index (χ2v) is 4.73. The molecule has 0 aliphatic carbocycles. The van der Waals surface area contributed by atoms with E-state index in [4.69, 9.17) is 9.47 Å². The molecule has 114 valence electrons. The van der Waals surface area contributed by atoms with Crippen molar-refractivity contribution in [2.24, 2.45) is 4.02 Å². The highest BCUT2D eigenvalue weighted by atomic mass is 79.9. The van der Waals surface area contributed by atoms with Crippen molar-refractivity contribution in [2.75, 3.05) is 19.8 Å². The minimum Gasteiger partial charge on any atom is -0.490 e. The predicted octanol–water partition coefficient (Wildman–Crippen LogP) is 2.69. The Morgan fingerprint density at radius 3 is 2.71 bits per heavy atom. The number of benzene rings is 1. The number of carbonyl (C=O) groups excluding carboxylic acids is 1. The van der Waals surface area contributed by atoms with Crippen molar-refractivity contribution in [3.8, 4) is 11.5 Å². The SMILES string of the molecule is CCOc1cc2c(c(F)c1OCC)C(=NBr)N(CC=O)C2. The van der Waals surface area contributed by atoms with E-state index in [1.54, 1.807) is 17.9 Å². The molecule has 1 aliphatic heterocycles. The van der Waals surface area contributed by atoms with E-state index in [-0.39, 0.29) is 12.3 Å². The van der Waals surface area contributed by atoms with Gasteiger partial charge in [0.2, 0.25) is 0 Å². The van der Waals surface area contributed by atoms with E-state index in [1.165, 1.54) is 0 Å². The van der Waals surface area contributed by atoms with Gasteiger partial charge in [-0.3, -0.25) is 0 Å². The topological polar surface area (TPSA) is 51.1 Å². The Hall–Kier alpha value is -1.63. The first kappa shape index (κ1) is 15.8. The molecule has 1 heterocycles. The molecule has 0 saturated carbocycles. The zero-order chi connectivity index (χ0) is 15.4. The number of nitrogens with zero attached hydrogens (tertiary/aromatic N) is 2. The van der Waals surface area contributed by atoms with Crippen molar-refractivity contribution < 1.29 is 18.7 Å². The molecule has 0 saturated heterocycles. The van der Waals surface area contributed by atoms with Crippen LogP contribution in [0, 0.1) is 5.82 Å². The van der Waals surface area contributed by atoms with Gasteiger partial charge in [-0.1, -0.05) is 0 Å². The molecule has 1 aromatic carbocycles. The average molecular weight is 359 g/mol. The summed E-state index contributed by atoms with van der Waals surface area (Å²) in [5, 5.41) is 0. The van der Waals surface area contributed by atoms with Crippen LogP contribution in [-0.2, 0) is 11.3 Å². The van der Waals surface area contributed by atoms with E-state index < -0.39 is 5.82 Å². The van der Waals surface area contributed by atoms with Crippen molar-refractivity contribution in [3.63, 3.8) is 0 Å². The van der Waals surface area contributed by atoms with Crippen molar-refractivity contribution >= 4 is 28.3 Å². The van der Waals surface area contributed by atoms with Crippen LogP contribution in [-0.4, -0.2) is 36.8 Å². The molecule has 0 N–H and O–H groups in total. The minimum absolute atomic E-state index is 0.0831. The van der Waals surface area contributed by atoms with Crippen LogP contribution in [0.15, 0.2) is 10.1 Å². The highest BCUT2D eigenvalue weighted by Gasteiger charge is 2.32. The van der Waals surface area contributed by atoms with Crippen molar-refractivity contribution in [1.82, 2.24) is 4.90 Å². The Bertz CT molecular complexity index is 578. The number of halogens is 2. The van der Waals surface area contributed by atoms with Crippen LogP contribution >= 0.6 is 16.1 Å². The molecule has 0 aromatic heterocycles. The fraction of sp³-hybridized carbons (Fsp3) is 0.429. The lowest BCUT2D eigenvalue weighted by Gasteiger charge is -2.15. The van der Waals surface area contributed by atoms with Gasteiger partial charge in [-0.05, 0) is 25.5 Å². The molecule has 0 bridgehead atoms. The number of carbonyl (C=O) groups is 1. The maximum Gasteiger partial charge on any atom is 0.197 e. The molecule has 0 fully saturated rings. The summed E-state index contributed by atoms with van der Waals surface area (Å²) in [5.74, 6) is 0.333. The molecule has 21 heavy (non-hydrogen) atoms. The standard InChI is InChI=1S/C14H16BrFN2O3/c1-3-20-10-7-9-8-18(5-6-19)14(17-15)11(9)12(16)13(10)21-4-2/h6-7H,3-5,8H2,1-2H3. The molecule has 1 aromatic rings. The van der Waals surface area contributed by atoms with E-state index in [0.717, 1.165) is 11.8 Å². The fourth-order valence-electron chi connectivity index (χ4n) is 2.34. The van der Waals surface area contributed by atoms with Gasteiger partial charge in [-0.15, -0.1) is 0 Å². The second kappa shape index (κ2) is 6.89.